The molecule has 0 bridgehead atoms. The molecule has 2 aromatic heterocycles. The smallest absolute Gasteiger partial charge is 0.322 e. The number of anilines is 1. The molecule has 0 radical (unpaired) electrons. The molecule has 0 spiro atoms. The minimum absolute atomic E-state index is 0.227. The second-order valence-corrected chi connectivity index (χ2v) is 6.40. The zero-order valence-electron chi connectivity index (χ0n) is 13.8. The Morgan fingerprint density at radius 1 is 1.15 bits per heavy atom. The SMILES string of the molecule is CSc1nccn1-c1cccc(C(=O)Nc2ccc3[nH]c(=O)[nH]c3c2)c1. The first-order valence-corrected chi connectivity index (χ1v) is 9.08. The predicted octanol–water partition coefficient (Wildman–Crippen LogP) is 3.02. The molecule has 0 aliphatic heterocycles. The highest BCUT2D eigenvalue weighted by Gasteiger charge is 2.10. The van der Waals surface area contributed by atoms with E-state index in [1.807, 2.05) is 35.2 Å². The van der Waals surface area contributed by atoms with Crippen molar-refractivity contribution in [3.05, 3.63) is 70.9 Å². The van der Waals surface area contributed by atoms with Crippen LogP contribution in [0, 0.1) is 0 Å². The number of rotatable bonds is 4. The quantitative estimate of drug-likeness (QED) is 0.485. The Morgan fingerprint density at radius 2 is 2.00 bits per heavy atom. The first-order chi connectivity index (χ1) is 12.6. The van der Waals surface area contributed by atoms with Crippen LogP contribution in [0.2, 0.25) is 0 Å². The van der Waals surface area contributed by atoms with E-state index in [1.54, 1.807) is 30.5 Å². The molecule has 2 heterocycles. The van der Waals surface area contributed by atoms with Crippen molar-refractivity contribution in [3.63, 3.8) is 0 Å². The number of carbonyl (C=O) groups excluding carboxylic acids is 1. The lowest BCUT2D eigenvalue weighted by Crippen LogP contribution is -2.12. The topological polar surface area (TPSA) is 95.6 Å². The van der Waals surface area contributed by atoms with Crippen LogP contribution in [0.1, 0.15) is 10.4 Å². The van der Waals surface area contributed by atoms with Gasteiger partial charge in [0.15, 0.2) is 5.16 Å². The molecular weight excluding hydrogens is 350 g/mol. The molecule has 1 amide bonds. The maximum Gasteiger partial charge on any atom is 0.323 e. The third kappa shape index (κ3) is 3.02. The number of hydrogen-bond acceptors (Lipinski definition) is 4. The van der Waals surface area contributed by atoms with Gasteiger partial charge in [0, 0.05) is 29.3 Å². The van der Waals surface area contributed by atoms with Gasteiger partial charge in [-0.2, -0.15) is 0 Å². The Labute approximate surface area is 152 Å². The predicted molar refractivity (Wildman–Crippen MR) is 102 cm³/mol. The maximum atomic E-state index is 12.6. The summed E-state index contributed by atoms with van der Waals surface area (Å²) in [5.41, 5.74) is 3.07. The van der Waals surface area contributed by atoms with Crippen LogP contribution in [0.25, 0.3) is 16.7 Å². The van der Waals surface area contributed by atoms with Crippen LogP contribution in [-0.2, 0) is 0 Å². The van der Waals surface area contributed by atoms with Gasteiger partial charge in [-0.3, -0.25) is 9.36 Å². The molecule has 0 atom stereocenters. The van der Waals surface area contributed by atoms with Gasteiger partial charge in [0.05, 0.1) is 11.0 Å². The average molecular weight is 365 g/mol. The van der Waals surface area contributed by atoms with E-state index in [9.17, 15) is 9.59 Å². The summed E-state index contributed by atoms with van der Waals surface area (Å²) >= 11 is 1.54. The van der Waals surface area contributed by atoms with E-state index in [1.165, 1.54) is 11.8 Å². The van der Waals surface area contributed by atoms with Crippen LogP contribution < -0.4 is 11.0 Å². The molecule has 3 N–H and O–H groups in total. The fraction of sp³-hybridized carbons (Fsp3) is 0.0556. The normalized spacial score (nSPS) is 11.0. The number of imidazole rings is 2. The van der Waals surface area contributed by atoms with Gasteiger partial charge in [0.25, 0.3) is 5.91 Å². The van der Waals surface area contributed by atoms with Gasteiger partial charge in [0.2, 0.25) is 0 Å². The molecule has 4 rings (SSSR count). The largest absolute Gasteiger partial charge is 0.323 e. The van der Waals surface area contributed by atoms with Crippen LogP contribution >= 0.6 is 11.8 Å². The van der Waals surface area contributed by atoms with Crippen LogP contribution in [-0.4, -0.2) is 31.7 Å². The first-order valence-electron chi connectivity index (χ1n) is 7.85. The average Bonchev–Trinajstić information content (AvgIpc) is 3.26. The Balaban J connectivity index is 1.61. The molecule has 0 unspecified atom stereocenters. The highest BCUT2D eigenvalue weighted by atomic mass is 32.2. The summed E-state index contributed by atoms with van der Waals surface area (Å²) < 4.78 is 1.93. The number of H-pyrrole nitrogens is 2. The van der Waals surface area contributed by atoms with Crippen molar-refractivity contribution in [2.75, 3.05) is 11.6 Å². The van der Waals surface area contributed by atoms with E-state index in [4.69, 9.17) is 0 Å². The van der Waals surface area contributed by atoms with Crippen molar-refractivity contribution < 1.29 is 4.79 Å². The van der Waals surface area contributed by atoms with Gasteiger partial charge in [-0.25, -0.2) is 9.78 Å². The number of nitrogens with zero attached hydrogens (tertiary/aromatic N) is 2. The molecule has 26 heavy (non-hydrogen) atoms. The van der Waals surface area contributed by atoms with Crippen molar-refractivity contribution in [2.24, 2.45) is 0 Å². The lowest BCUT2D eigenvalue weighted by atomic mass is 10.1. The summed E-state index contributed by atoms with van der Waals surface area (Å²) in [5, 5.41) is 3.71. The lowest BCUT2D eigenvalue weighted by Gasteiger charge is -2.09. The summed E-state index contributed by atoms with van der Waals surface area (Å²) in [6.45, 7) is 0. The molecule has 0 saturated carbocycles. The zero-order chi connectivity index (χ0) is 18.1. The van der Waals surface area contributed by atoms with Crippen molar-refractivity contribution in [1.82, 2.24) is 19.5 Å². The lowest BCUT2D eigenvalue weighted by molar-refractivity contribution is 0.102. The zero-order valence-corrected chi connectivity index (χ0v) is 14.6. The van der Waals surface area contributed by atoms with Crippen LogP contribution in [0.15, 0.2) is 64.8 Å². The summed E-state index contributed by atoms with van der Waals surface area (Å²) in [4.78, 5) is 33.6. The molecule has 0 saturated heterocycles. The third-order valence-corrected chi connectivity index (χ3v) is 4.62. The number of aromatic amines is 2. The Hall–Kier alpha value is -3.26. The van der Waals surface area contributed by atoms with Gasteiger partial charge in [-0.15, -0.1) is 0 Å². The van der Waals surface area contributed by atoms with E-state index in [0.29, 0.717) is 22.3 Å². The van der Waals surface area contributed by atoms with Crippen LogP contribution in [0.5, 0.6) is 0 Å². The van der Waals surface area contributed by atoms with Gasteiger partial charge < -0.3 is 15.3 Å². The number of fused-ring (bicyclic) bond motifs is 1. The molecule has 2 aromatic carbocycles. The molecule has 4 aromatic rings. The number of amides is 1. The third-order valence-electron chi connectivity index (χ3n) is 3.95. The molecule has 0 fully saturated rings. The van der Waals surface area contributed by atoms with E-state index in [-0.39, 0.29) is 11.6 Å². The minimum atomic E-state index is -0.277. The van der Waals surface area contributed by atoms with Crippen LogP contribution in [0.4, 0.5) is 5.69 Å². The number of benzene rings is 2. The van der Waals surface area contributed by atoms with E-state index in [0.717, 1.165) is 10.8 Å². The van der Waals surface area contributed by atoms with E-state index >= 15 is 0 Å². The highest BCUT2D eigenvalue weighted by Crippen LogP contribution is 2.20. The molecule has 0 aliphatic rings. The standard InChI is InChI=1S/C18H15N5O2S/c1-26-18-19-7-8-23(18)13-4-2-3-11(9-13)16(24)20-12-5-6-14-15(10-12)22-17(25)21-14/h2-10H,1H3,(H,20,24)(H2,21,22,25). The number of hydrogen-bond donors (Lipinski definition) is 3. The molecule has 130 valence electrons. The van der Waals surface area contributed by atoms with E-state index < -0.39 is 0 Å². The minimum Gasteiger partial charge on any atom is -0.322 e. The van der Waals surface area contributed by atoms with Gasteiger partial charge in [-0.05, 0) is 42.7 Å². The number of carbonyl (C=O) groups is 1. The highest BCUT2D eigenvalue weighted by molar-refractivity contribution is 7.98. The molecule has 8 heteroatoms. The van der Waals surface area contributed by atoms with Gasteiger partial charge in [0.1, 0.15) is 0 Å². The molecule has 0 aliphatic carbocycles. The van der Waals surface area contributed by atoms with Crippen molar-refractivity contribution in [3.8, 4) is 5.69 Å². The second-order valence-electron chi connectivity index (χ2n) is 5.63. The fourth-order valence-electron chi connectivity index (χ4n) is 2.75. The summed E-state index contributed by atoms with van der Waals surface area (Å²) in [5.74, 6) is -0.227. The number of aromatic nitrogens is 4. The Morgan fingerprint density at radius 3 is 2.85 bits per heavy atom. The summed E-state index contributed by atoms with van der Waals surface area (Å²) in [6.07, 6.45) is 5.54. The van der Waals surface area contributed by atoms with Gasteiger partial charge >= 0.3 is 5.69 Å². The van der Waals surface area contributed by atoms with Crippen molar-refractivity contribution >= 4 is 34.4 Å². The number of nitrogens with one attached hydrogen (secondary N) is 3. The monoisotopic (exact) mass is 365 g/mol. The van der Waals surface area contributed by atoms with Crippen LogP contribution in [0.3, 0.4) is 0 Å². The molecule has 7 nitrogen and oxygen atoms in total. The maximum absolute atomic E-state index is 12.6. The summed E-state index contributed by atoms with van der Waals surface area (Å²) in [6, 6.07) is 12.5. The van der Waals surface area contributed by atoms with Crippen molar-refractivity contribution in [1.29, 1.82) is 0 Å². The molecular formula is C18H15N5O2S. The first kappa shape index (κ1) is 16.2. The Kier molecular flexibility index (Phi) is 4.10. The number of thioether (sulfide) groups is 1. The van der Waals surface area contributed by atoms with E-state index in [2.05, 4.69) is 20.3 Å². The Bertz CT molecular complexity index is 1160. The van der Waals surface area contributed by atoms with Gasteiger partial charge in [-0.1, -0.05) is 17.8 Å². The second kappa shape index (κ2) is 6.57. The summed E-state index contributed by atoms with van der Waals surface area (Å²) in [7, 11) is 0. The fourth-order valence-corrected chi connectivity index (χ4v) is 3.28. The van der Waals surface area contributed by atoms with Crippen molar-refractivity contribution in [2.45, 2.75) is 5.16 Å².